The normalized spacial score (nSPS) is 12.8. The predicted molar refractivity (Wildman–Crippen MR) is 46.4 cm³/mol. The Bertz CT molecular complexity index is 201. The number of hydrogen-bond acceptors (Lipinski definition) is 1. The fourth-order valence-corrected chi connectivity index (χ4v) is 1.18. The van der Waals surface area contributed by atoms with E-state index in [1.165, 1.54) is 0 Å². The summed E-state index contributed by atoms with van der Waals surface area (Å²) in [6, 6.07) is 0.537. The van der Waals surface area contributed by atoms with Gasteiger partial charge in [0.25, 0.3) is 0 Å². The summed E-state index contributed by atoms with van der Waals surface area (Å²) in [6.45, 7) is 5.90. The molecular weight excluding hydrogens is 136 g/mol. The molecule has 60 valence electrons. The molecule has 0 spiro atoms. The highest BCUT2D eigenvalue weighted by molar-refractivity contribution is 4.83. The van der Waals surface area contributed by atoms with E-state index in [2.05, 4.69) is 23.1 Å². The van der Waals surface area contributed by atoms with Crippen molar-refractivity contribution in [3.63, 3.8) is 0 Å². The van der Waals surface area contributed by atoms with Gasteiger partial charge in [-0.1, -0.05) is 13.0 Å². The average molecular weight is 150 g/mol. The van der Waals surface area contributed by atoms with E-state index < -0.39 is 0 Å². The SMILES string of the molecule is C=CCC(CC)n1ccnc1. The Morgan fingerprint density at radius 2 is 2.55 bits per heavy atom. The van der Waals surface area contributed by atoms with Crippen molar-refractivity contribution in [2.24, 2.45) is 0 Å². The van der Waals surface area contributed by atoms with Crippen LogP contribution in [0.15, 0.2) is 31.4 Å². The van der Waals surface area contributed by atoms with Gasteiger partial charge in [-0.2, -0.15) is 0 Å². The maximum Gasteiger partial charge on any atom is 0.0948 e. The molecule has 1 heterocycles. The summed E-state index contributed by atoms with van der Waals surface area (Å²) in [6.07, 6.45) is 9.77. The summed E-state index contributed by atoms with van der Waals surface area (Å²) in [5.41, 5.74) is 0. The zero-order valence-electron chi connectivity index (χ0n) is 6.90. The molecule has 2 nitrogen and oxygen atoms in total. The van der Waals surface area contributed by atoms with Gasteiger partial charge in [-0.05, 0) is 12.8 Å². The molecule has 2 heteroatoms. The van der Waals surface area contributed by atoms with Crippen LogP contribution in [-0.2, 0) is 0 Å². The zero-order valence-corrected chi connectivity index (χ0v) is 6.90. The van der Waals surface area contributed by atoms with Gasteiger partial charge in [0, 0.05) is 18.4 Å². The Balaban J connectivity index is 2.62. The maximum atomic E-state index is 4.00. The van der Waals surface area contributed by atoms with Gasteiger partial charge in [0.05, 0.1) is 6.33 Å². The van der Waals surface area contributed by atoms with Crippen LogP contribution in [0, 0.1) is 0 Å². The number of aromatic nitrogens is 2. The summed E-state index contributed by atoms with van der Waals surface area (Å²) in [4.78, 5) is 4.00. The van der Waals surface area contributed by atoms with Crippen LogP contribution in [0.2, 0.25) is 0 Å². The molecule has 0 radical (unpaired) electrons. The third-order valence-corrected chi connectivity index (χ3v) is 1.86. The smallest absolute Gasteiger partial charge is 0.0948 e. The fourth-order valence-electron chi connectivity index (χ4n) is 1.18. The van der Waals surface area contributed by atoms with Crippen molar-refractivity contribution in [1.82, 2.24) is 9.55 Å². The van der Waals surface area contributed by atoms with Crippen LogP contribution in [-0.4, -0.2) is 9.55 Å². The van der Waals surface area contributed by atoms with Gasteiger partial charge >= 0.3 is 0 Å². The van der Waals surface area contributed by atoms with Crippen LogP contribution in [0.3, 0.4) is 0 Å². The lowest BCUT2D eigenvalue weighted by atomic mass is 10.1. The molecule has 0 aromatic carbocycles. The molecule has 0 fully saturated rings. The Morgan fingerprint density at radius 1 is 1.73 bits per heavy atom. The van der Waals surface area contributed by atoms with Crippen molar-refractivity contribution in [2.45, 2.75) is 25.8 Å². The van der Waals surface area contributed by atoms with Crippen LogP contribution in [0.4, 0.5) is 0 Å². The van der Waals surface area contributed by atoms with Crippen LogP contribution in [0.1, 0.15) is 25.8 Å². The first kappa shape index (κ1) is 8.05. The Hall–Kier alpha value is -1.05. The summed E-state index contributed by atoms with van der Waals surface area (Å²) in [7, 11) is 0. The minimum atomic E-state index is 0.537. The summed E-state index contributed by atoms with van der Waals surface area (Å²) in [5.74, 6) is 0. The lowest BCUT2D eigenvalue weighted by Crippen LogP contribution is -2.03. The number of nitrogens with zero attached hydrogens (tertiary/aromatic N) is 2. The molecule has 0 aliphatic carbocycles. The Kier molecular flexibility index (Phi) is 2.90. The van der Waals surface area contributed by atoms with Crippen molar-refractivity contribution < 1.29 is 0 Å². The highest BCUT2D eigenvalue weighted by Gasteiger charge is 2.03. The minimum Gasteiger partial charge on any atom is -0.334 e. The summed E-state index contributed by atoms with van der Waals surface area (Å²) in [5, 5.41) is 0. The highest BCUT2D eigenvalue weighted by atomic mass is 15.0. The van der Waals surface area contributed by atoms with E-state index in [1.807, 2.05) is 24.8 Å². The third-order valence-electron chi connectivity index (χ3n) is 1.86. The zero-order chi connectivity index (χ0) is 8.10. The van der Waals surface area contributed by atoms with E-state index in [0.29, 0.717) is 6.04 Å². The van der Waals surface area contributed by atoms with Crippen molar-refractivity contribution in [3.05, 3.63) is 31.4 Å². The first-order chi connectivity index (χ1) is 5.38. The van der Waals surface area contributed by atoms with Gasteiger partial charge in [0.15, 0.2) is 0 Å². The van der Waals surface area contributed by atoms with E-state index in [4.69, 9.17) is 0 Å². The standard InChI is InChI=1S/C9H14N2/c1-3-5-9(4-2)11-7-6-10-8-11/h3,6-9H,1,4-5H2,2H3. The van der Waals surface area contributed by atoms with Crippen molar-refractivity contribution >= 4 is 0 Å². The van der Waals surface area contributed by atoms with Gasteiger partial charge in [0.2, 0.25) is 0 Å². The van der Waals surface area contributed by atoms with Gasteiger partial charge in [0.1, 0.15) is 0 Å². The van der Waals surface area contributed by atoms with E-state index in [0.717, 1.165) is 12.8 Å². The number of rotatable bonds is 4. The van der Waals surface area contributed by atoms with Gasteiger partial charge in [-0.25, -0.2) is 4.98 Å². The second kappa shape index (κ2) is 3.96. The summed E-state index contributed by atoms with van der Waals surface area (Å²) >= 11 is 0. The van der Waals surface area contributed by atoms with Crippen LogP contribution in [0.5, 0.6) is 0 Å². The maximum absolute atomic E-state index is 4.00. The molecule has 1 unspecified atom stereocenters. The van der Waals surface area contributed by atoms with Crippen LogP contribution >= 0.6 is 0 Å². The molecule has 0 aliphatic rings. The molecule has 0 amide bonds. The predicted octanol–water partition coefficient (Wildman–Crippen LogP) is 2.41. The molecule has 11 heavy (non-hydrogen) atoms. The van der Waals surface area contributed by atoms with Crippen molar-refractivity contribution in [2.75, 3.05) is 0 Å². The topological polar surface area (TPSA) is 17.8 Å². The number of allylic oxidation sites excluding steroid dienone is 1. The fraction of sp³-hybridized carbons (Fsp3) is 0.444. The molecule has 0 aliphatic heterocycles. The van der Waals surface area contributed by atoms with E-state index in [1.54, 1.807) is 0 Å². The number of hydrogen-bond donors (Lipinski definition) is 0. The molecular formula is C9H14N2. The number of imidazole rings is 1. The first-order valence-corrected chi connectivity index (χ1v) is 3.96. The second-order valence-electron chi connectivity index (χ2n) is 2.60. The van der Waals surface area contributed by atoms with E-state index >= 15 is 0 Å². The lowest BCUT2D eigenvalue weighted by Gasteiger charge is -2.13. The molecule has 1 aromatic heterocycles. The van der Waals surface area contributed by atoms with Crippen molar-refractivity contribution in [1.29, 1.82) is 0 Å². The highest BCUT2D eigenvalue weighted by Crippen LogP contribution is 2.14. The van der Waals surface area contributed by atoms with Gasteiger partial charge in [-0.3, -0.25) is 0 Å². The van der Waals surface area contributed by atoms with Gasteiger partial charge in [-0.15, -0.1) is 6.58 Å². The Morgan fingerprint density at radius 3 is 3.00 bits per heavy atom. The monoisotopic (exact) mass is 150 g/mol. The van der Waals surface area contributed by atoms with Crippen LogP contribution < -0.4 is 0 Å². The third kappa shape index (κ3) is 1.93. The molecule has 1 aromatic rings. The van der Waals surface area contributed by atoms with Gasteiger partial charge < -0.3 is 4.57 Å². The molecule has 1 rings (SSSR count). The second-order valence-corrected chi connectivity index (χ2v) is 2.60. The summed E-state index contributed by atoms with van der Waals surface area (Å²) < 4.78 is 2.13. The molecule has 0 N–H and O–H groups in total. The van der Waals surface area contributed by atoms with Crippen molar-refractivity contribution in [3.8, 4) is 0 Å². The van der Waals surface area contributed by atoms with E-state index in [-0.39, 0.29) is 0 Å². The minimum absolute atomic E-state index is 0.537. The molecule has 0 bridgehead atoms. The first-order valence-electron chi connectivity index (χ1n) is 3.96. The average Bonchev–Trinajstić information content (AvgIpc) is 2.52. The largest absolute Gasteiger partial charge is 0.334 e. The van der Waals surface area contributed by atoms with Crippen LogP contribution in [0.25, 0.3) is 0 Å². The molecule has 0 saturated heterocycles. The molecule has 1 atom stereocenters. The quantitative estimate of drug-likeness (QED) is 0.603. The lowest BCUT2D eigenvalue weighted by molar-refractivity contribution is 0.491. The molecule has 0 saturated carbocycles. The Labute approximate surface area is 67.6 Å². The van der Waals surface area contributed by atoms with E-state index in [9.17, 15) is 0 Å².